The monoisotopic (exact) mass is 223 g/mol. The summed E-state index contributed by atoms with van der Waals surface area (Å²) in [4.78, 5) is 25.1. The van der Waals surface area contributed by atoms with E-state index in [0.29, 0.717) is 24.7 Å². The van der Waals surface area contributed by atoms with Crippen LogP contribution in [0.2, 0.25) is 0 Å². The van der Waals surface area contributed by atoms with Crippen LogP contribution in [0.25, 0.3) is 0 Å². The highest BCUT2D eigenvalue weighted by molar-refractivity contribution is 5.90. The molecule has 3 aliphatic rings. The minimum absolute atomic E-state index is 0.0133. The zero-order chi connectivity index (χ0) is 11.1. The smallest absolute Gasteiger partial charge is 0.245 e. The lowest BCUT2D eigenvalue weighted by atomic mass is 10.0. The average Bonchev–Trinajstić information content (AvgIpc) is 2.89. The summed E-state index contributed by atoms with van der Waals surface area (Å²) in [5.41, 5.74) is 0. The Morgan fingerprint density at radius 2 is 1.94 bits per heavy atom. The van der Waals surface area contributed by atoms with Crippen molar-refractivity contribution in [2.75, 3.05) is 26.2 Å². The summed E-state index contributed by atoms with van der Waals surface area (Å²) in [5.74, 6) is 1.39. The van der Waals surface area contributed by atoms with Crippen LogP contribution in [0, 0.1) is 11.8 Å². The third-order valence-electron chi connectivity index (χ3n) is 3.99. The number of hydrogen-bond donors (Lipinski definition) is 2. The molecule has 0 aromatic rings. The molecule has 16 heavy (non-hydrogen) atoms. The molecule has 3 atom stereocenters. The van der Waals surface area contributed by atoms with E-state index in [1.54, 1.807) is 0 Å². The molecule has 3 saturated heterocycles. The van der Waals surface area contributed by atoms with E-state index in [-0.39, 0.29) is 17.9 Å². The van der Waals surface area contributed by atoms with Gasteiger partial charge < -0.3 is 15.5 Å². The molecule has 5 heteroatoms. The Bertz CT molecular complexity index is 319. The topological polar surface area (TPSA) is 61.4 Å². The second-order valence-corrected chi connectivity index (χ2v) is 5.08. The molecule has 3 heterocycles. The van der Waals surface area contributed by atoms with Crippen molar-refractivity contribution in [2.24, 2.45) is 11.8 Å². The first-order valence-electron chi connectivity index (χ1n) is 6.03. The van der Waals surface area contributed by atoms with Crippen LogP contribution in [0.3, 0.4) is 0 Å². The summed E-state index contributed by atoms with van der Waals surface area (Å²) in [5, 5.41) is 6.10. The Kier molecular flexibility index (Phi) is 2.35. The van der Waals surface area contributed by atoms with Gasteiger partial charge in [0.1, 0.15) is 6.04 Å². The van der Waals surface area contributed by atoms with Gasteiger partial charge in [0, 0.05) is 32.6 Å². The van der Waals surface area contributed by atoms with Crippen LogP contribution < -0.4 is 10.6 Å². The molecule has 88 valence electrons. The van der Waals surface area contributed by atoms with Crippen LogP contribution in [0.5, 0.6) is 0 Å². The normalized spacial score (nSPS) is 37.6. The minimum atomic E-state index is -0.251. The van der Waals surface area contributed by atoms with Crippen molar-refractivity contribution in [3.63, 3.8) is 0 Å². The number of amides is 2. The third kappa shape index (κ3) is 1.59. The van der Waals surface area contributed by atoms with Crippen molar-refractivity contribution in [1.29, 1.82) is 0 Å². The first-order chi connectivity index (χ1) is 7.74. The first kappa shape index (κ1) is 10.1. The highest BCUT2D eigenvalue weighted by Gasteiger charge is 2.40. The van der Waals surface area contributed by atoms with Gasteiger partial charge in [-0.3, -0.25) is 9.59 Å². The maximum Gasteiger partial charge on any atom is 0.245 e. The second kappa shape index (κ2) is 3.73. The molecule has 0 aromatic carbocycles. The predicted molar refractivity (Wildman–Crippen MR) is 57.6 cm³/mol. The lowest BCUT2D eigenvalue weighted by Crippen LogP contribution is -2.44. The van der Waals surface area contributed by atoms with Gasteiger partial charge in [0.15, 0.2) is 0 Å². The Hall–Kier alpha value is -1.10. The summed E-state index contributed by atoms with van der Waals surface area (Å²) >= 11 is 0. The largest absolute Gasteiger partial charge is 0.344 e. The Balaban J connectivity index is 1.62. The Morgan fingerprint density at radius 1 is 1.25 bits per heavy atom. The van der Waals surface area contributed by atoms with Crippen molar-refractivity contribution in [3.8, 4) is 0 Å². The lowest BCUT2D eigenvalue weighted by molar-refractivity contribution is -0.133. The fraction of sp³-hybridized carbons (Fsp3) is 0.818. The van der Waals surface area contributed by atoms with Gasteiger partial charge in [-0.1, -0.05) is 0 Å². The van der Waals surface area contributed by atoms with Crippen LogP contribution in [-0.2, 0) is 9.59 Å². The summed E-state index contributed by atoms with van der Waals surface area (Å²) in [7, 11) is 0. The molecule has 0 aromatic heterocycles. The van der Waals surface area contributed by atoms with Crippen molar-refractivity contribution in [2.45, 2.75) is 18.9 Å². The van der Waals surface area contributed by atoms with Crippen LogP contribution in [0.15, 0.2) is 0 Å². The van der Waals surface area contributed by atoms with E-state index >= 15 is 0 Å². The summed E-state index contributed by atoms with van der Waals surface area (Å²) in [6.45, 7) is 3.79. The highest BCUT2D eigenvalue weighted by Crippen LogP contribution is 2.27. The standard InChI is InChI=1S/C11H17N3O2/c15-10-2-1-9(13-10)11(16)14-5-7-3-12-4-8(7)6-14/h7-9,12H,1-6H2,(H,13,15)/t7-,8+,9-/m1/s1. The van der Waals surface area contributed by atoms with Crippen LogP contribution in [-0.4, -0.2) is 48.9 Å². The number of fused-ring (bicyclic) bond motifs is 1. The van der Waals surface area contributed by atoms with Gasteiger partial charge in [-0.15, -0.1) is 0 Å². The molecule has 0 aliphatic carbocycles. The maximum atomic E-state index is 12.1. The molecular weight excluding hydrogens is 206 g/mol. The number of nitrogens with one attached hydrogen (secondary N) is 2. The van der Waals surface area contributed by atoms with Crippen molar-refractivity contribution in [1.82, 2.24) is 15.5 Å². The number of nitrogens with zero attached hydrogens (tertiary/aromatic N) is 1. The van der Waals surface area contributed by atoms with Gasteiger partial charge in [0.2, 0.25) is 11.8 Å². The molecule has 0 radical (unpaired) electrons. The van der Waals surface area contributed by atoms with Gasteiger partial charge in [0.05, 0.1) is 0 Å². The quantitative estimate of drug-likeness (QED) is 0.596. The zero-order valence-corrected chi connectivity index (χ0v) is 9.24. The molecule has 3 fully saturated rings. The summed E-state index contributed by atoms with van der Waals surface area (Å²) in [6, 6.07) is -0.251. The molecule has 3 aliphatic heterocycles. The Morgan fingerprint density at radius 3 is 2.50 bits per heavy atom. The van der Waals surface area contributed by atoms with E-state index in [1.165, 1.54) is 0 Å². The predicted octanol–water partition coefficient (Wildman–Crippen LogP) is -1.06. The van der Waals surface area contributed by atoms with E-state index in [0.717, 1.165) is 26.2 Å². The summed E-state index contributed by atoms with van der Waals surface area (Å²) < 4.78 is 0. The molecule has 2 N–H and O–H groups in total. The maximum absolute atomic E-state index is 12.1. The van der Waals surface area contributed by atoms with E-state index in [9.17, 15) is 9.59 Å². The van der Waals surface area contributed by atoms with Crippen molar-refractivity contribution >= 4 is 11.8 Å². The van der Waals surface area contributed by atoms with Gasteiger partial charge in [-0.05, 0) is 18.3 Å². The molecule has 0 saturated carbocycles. The SMILES string of the molecule is O=C1CC[C@H](C(=O)N2C[C@H]3CNC[C@H]3C2)N1. The third-order valence-corrected chi connectivity index (χ3v) is 3.99. The van der Waals surface area contributed by atoms with Gasteiger partial charge in [-0.2, -0.15) is 0 Å². The highest BCUT2D eigenvalue weighted by atomic mass is 16.2. The van der Waals surface area contributed by atoms with Gasteiger partial charge in [0.25, 0.3) is 0 Å². The molecule has 3 rings (SSSR count). The minimum Gasteiger partial charge on any atom is -0.344 e. The van der Waals surface area contributed by atoms with E-state index in [1.807, 2.05) is 4.90 Å². The number of carbonyl (C=O) groups is 2. The van der Waals surface area contributed by atoms with Crippen molar-refractivity contribution in [3.05, 3.63) is 0 Å². The second-order valence-electron chi connectivity index (χ2n) is 5.08. The van der Waals surface area contributed by atoms with Gasteiger partial charge in [-0.25, -0.2) is 0 Å². The van der Waals surface area contributed by atoms with E-state index < -0.39 is 0 Å². The molecule has 0 unspecified atom stereocenters. The number of hydrogen-bond acceptors (Lipinski definition) is 3. The van der Waals surface area contributed by atoms with E-state index in [2.05, 4.69) is 10.6 Å². The first-order valence-corrected chi connectivity index (χ1v) is 6.03. The molecule has 2 amide bonds. The summed E-state index contributed by atoms with van der Waals surface area (Å²) in [6.07, 6.45) is 1.17. The van der Waals surface area contributed by atoms with E-state index in [4.69, 9.17) is 0 Å². The molecular formula is C11H17N3O2. The molecule has 0 bridgehead atoms. The number of rotatable bonds is 1. The number of likely N-dealkylation sites (tertiary alicyclic amines) is 1. The van der Waals surface area contributed by atoms with Crippen LogP contribution in [0.4, 0.5) is 0 Å². The van der Waals surface area contributed by atoms with Gasteiger partial charge >= 0.3 is 0 Å². The zero-order valence-electron chi connectivity index (χ0n) is 9.24. The average molecular weight is 223 g/mol. The Labute approximate surface area is 94.6 Å². The lowest BCUT2D eigenvalue weighted by Gasteiger charge is -2.21. The molecule has 0 spiro atoms. The number of carbonyl (C=O) groups excluding carboxylic acids is 2. The molecule has 5 nitrogen and oxygen atoms in total. The van der Waals surface area contributed by atoms with Crippen molar-refractivity contribution < 1.29 is 9.59 Å². The fourth-order valence-corrected chi connectivity index (χ4v) is 3.06. The van der Waals surface area contributed by atoms with Crippen LogP contribution >= 0.6 is 0 Å². The van der Waals surface area contributed by atoms with Crippen LogP contribution in [0.1, 0.15) is 12.8 Å². The fourth-order valence-electron chi connectivity index (χ4n) is 3.06.